The standard InChI is InChI=1S/C25H26ClN5O4S2.C23H23Cl2N5O4S.C22H21F2N5O4S.6H2/c1-17(30-10-8-18-2-3-19(26)14-23(18)30)24(33)31-12-11-29(15-21(31)16-32)20-4-6-22(7-5-20)37(34,35)28-25-27-9-13-36-25;1-16(34-20-4-2-3-19(24)22(20)25)23(31)30-13-11-29(12-14-30)17-5-7-18(8-6-17)35(32,33)28-21-9-10-26-15-27-21;23-18-6-1-15(13-19(18)24)21(30)22(31)29-11-9-28(10-12-29)16-2-4-17(5-3-16)34(32,33)27-20-7-8-25-14-26-20;;;;;;/h2-10,13-14,17,21,32H,11-12,15-16H2,1H3,(H,27,28);2-10,15-16H,11-14H2,1H3,(H,26,27,28);1-8,13-14,21,30H,9-12H2,(H,25,26,27);6*1H/t17-,21-;;;;;;;;/m0......../s1. The number of aliphatic hydroxyl groups excluding tert-OH is 2. The van der Waals surface area contributed by atoms with Gasteiger partial charge in [0, 0.05) is 133 Å². The predicted molar refractivity (Wildman–Crippen MR) is 413 cm³/mol. The van der Waals surface area contributed by atoms with Gasteiger partial charge < -0.3 is 48.9 Å². The Hall–Kier alpha value is -9.84. The van der Waals surface area contributed by atoms with Crippen LogP contribution in [0.5, 0.6) is 5.75 Å². The number of ether oxygens (including phenoxy) is 1. The number of anilines is 6. The van der Waals surface area contributed by atoms with Crippen LogP contribution in [0.25, 0.3) is 10.9 Å². The van der Waals surface area contributed by atoms with Gasteiger partial charge >= 0.3 is 0 Å². The molecule has 3 aliphatic rings. The van der Waals surface area contributed by atoms with Crippen molar-refractivity contribution in [2.24, 2.45) is 0 Å². The van der Waals surface area contributed by atoms with Crippen LogP contribution in [-0.4, -0.2) is 188 Å². The van der Waals surface area contributed by atoms with E-state index in [0.29, 0.717) is 92.9 Å². The highest BCUT2D eigenvalue weighted by molar-refractivity contribution is 7.93. The van der Waals surface area contributed by atoms with Gasteiger partial charge in [-0.3, -0.25) is 28.5 Å². The number of nitrogens with one attached hydrogen (secondary N) is 3. The van der Waals surface area contributed by atoms with Crippen LogP contribution in [0, 0.1) is 11.6 Å². The Morgan fingerprint density at radius 1 is 0.594 bits per heavy atom. The molecular weight excluding hydrogens is 1520 g/mol. The predicted octanol–water partition coefficient (Wildman–Crippen LogP) is 10.9. The van der Waals surface area contributed by atoms with Crippen LogP contribution in [0.4, 0.5) is 42.6 Å². The molecule has 0 saturated carbocycles. The Kier molecular flexibility index (Phi) is 24.9. The van der Waals surface area contributed by atoms with Crippen molar-refractivity contribution in [3.05, 3.63) is 221 Å². The molecule has 4 aromatic heterocycles. The van der Waals surface area contributed by atoms with Crippen molar-refractivity contribution in [3.63, 3.8) is 0 Å². The fourth-order valence-corrected chi connectivity index (χ4v) is 16.2. The number of carbonyl (C=O) groups excluding carboxylic acids is 3. The van der Waals surface area contributed by atoms with Crippen LogP contribution in [0.3, 0.4) is 0 Å². The van der Waals surface area contributed by atoms with Crippen LogP contribution in [0.2, 0.25) is 15.1 Å². The van der Waals surface area contributed by atoms with Gasteiger partial charge in [-0.15, -0.1) is 11.3 Å². The fraction of sp³-hybridized carbons (Fsp3) is 0.257. The normalized spacial score (nSPS) is 15.8. The van der Waals surface area contributed by atoms with Crippen molar-refractivity contribution >= 4 is 139 Å². The van der Waals surface area contributed by atoms with Crippen molar-refractivity contribution in [2.75, 3.05) is 107 Å². The minimum absolute atomic E-state index is 0. The van der Waals surface area contributed by atoms with E-state index in [-0.39, 0.29) is 63.9 Å². The molecule has 0 radical (unpaired) electrons. The summed E-state index contributed by atoms with van der Waals surface area (Å²) in [6.07, 6.45) is 6.50. The Balaban J connectivity index is 0.000000293. The first-order chi connectivity index (χ1) is 50.7. The van der Waals surface area contributed by atoms with Gasteiger partial charge in [0.05, 0.1) is 37.9 Å². The molecule has 3 saturated heterocycles. The zero-order valence-electron chi connectivity index (χ0n) is 56.6. The average molecular weight is 1600 g/mol. The number of aliphatic hydroxyl groups is 2. The summed E-state index contributed by atoms with van der Waals surface area (Å²) in [6, 6.07) is 36.9. The van der Waals surface area contributed by atoms with Gasteiger partial charge in [-0.2, -0.15) is 0 Å². The van der Waals surface area contributed by atoms with Crippen molar-refractivity contribution in [2.45, 2.75) is 52.8 Å². The van der Waals surface area contributed by atoms with Crippen LogP contribution in [-0.2, 0) is 44.5 Å². The summed E-state index contributed by atoms with van der Waals surface area (Å²) in [5.41, 5.74) is 3.32. The molecule has 13 rings (SSSR count). The Morgan fingerprint density at radius 3 is 1.63 bits per heavy atom. The van der Waals surface area contributed by atoms with Crippen molar-refractivity contribution < 1.29 is 71.9 Å². The van der Waals surface area contributed by atoms with E-state index < -0.39 is 71.9 Å². The molecule has 0 aliphatic carbocycles. The van der Waals surface area contributed by atoms with E-state index in [4.69, 9.17) is 39.5 Å². The van der Waals surface area contributed by atoms with E-state index in [1.165, 1.54) is 77.8 Å². The topological polar surface area (TPSA) is 328 Å². The molecule has 36 heteroatoms. The monoisotopic (exact) mass is 1600 g/mol. The third-order valence-electron chi connectivity index (χ3n) is 17.5. The number of nitrogens with zero attached hydrogens (tertiary/aromatic N) is 12. The number of benzene rings is 6. The molecule has 4 atom stereocenters. The molecule has 0 bridgehead atoms. The maximum Gasteiger partial charge on any atom is 0.263 e. The second-order valence-corrected chi connectivity index (χ2v) is 31.4. The highest BCUT2D eigenvalue weighted by atomic mass is 35.5. The van der Waals surface area contributed by atoms with Crippen molar-refractivity contribution in [1.82, 2.24) is 44.2 Å². The third-order valence-corrected chi connectivity index (χ3v) is 23.5. The second kappa shape index (κ2) is 34.2. The minimum Gasteiger partial charge on any atom is -0.479 e. The summed E-state index contributed by atoms with van der Waals surface area (Å²) in [7, 11) is -11.3. The van der Waals surface area contributed by atoms with Gasteiger partial charge in [0.2, 0.25) is 5.91 Å². The second-order valence-electron chi connectivity index (χ2n) is 24.3. The average Bonchev–Trinajstić information content (AvgIpc) is 1.55. The lowest BCUT2D eigenvalue weighted by molar-refractivity contribution is -0.141. The van der Waals surface area contributed by atoms with Crippen molar-refractivity contribution in [3.8, 4) is 5.75 Å². The highest BCUT2D eigenvalue weighted by Crippen LogP contribution is 2.34. The molecule has 27 nitrogen and oxygen atoms in total. The molecule has 106 heavy (non-hydrogen) atoms. The van der Waals surface area contributed by atoms with Crippen LogP contribution in [0.15, 0.2) is 203 Å². The number of hydrogen-bond acceptors (Lipinski definition) is 21. The van der Waals surface area contributed by atoms with Gasteiger partial charge in [0.1, 0.15) is 41.1 Å². The number of piperazine rings is 3. The number of halogens is 5. The van der Waals surface area contributed by atoms with Gasteiger partial charge in [-0.1, -0.05) is 53.0 Å². The van der Waals surface area contributed by atoms with Gasteiger partial charge in [0.25, 0.3) is 41.9 Å². The molecule has 3 amide bonds. The number of fused-ring (bicyclic) bond motifs is 1. The van der Waals surface area contributed by atoms with E-state index in [0.717, 1.165) is 40.1 Å². The summed E-state index contributed by atoms with van der Waals surface area (Å²) >= 11 is 19.6. The molecule has 7 heterocycles. The minimum atomic E-state index is -3.81. The Morgan fingerprint density at radius 2 is 1.12 bits per heavy atom. The molecular formula is C70H82Cl3F2N15O12S4. The van der Waals surface area contributed by atoms with Gasteiger partial charge in [-0.25, -0.2) is 59.0 Å². The number of rotatable bonds is 20. The zero-order chi connectivity index (χ0) is 75.5. The highest BCUT2D eigenvalue weighted by Gasteiger charge is 2.35. The molecule has 5 N–H and O–H groups in total. The van der Waals surface area contributed by atoms with Crippen LogP contribution in [0.1, 0.15) is 40.1 Å². The quantitative estimate of drug-likeness (QED) is 0.0473. The lowest BCUT2D eigenvalue weighted by atomic mass is 10.1. The maximum atomic E-state index is 13.5. The third kappa shape index (κ3) is 18.9. The molecule has 0 spiro atoms. The van der Waals surface area contributed by atoms with E-state index in [1.54, 1.807) is 101 Å². The lowest BCUT2D eigenvalue weighted by Crippen LogP contribution is -2.57. The number of sulfonamides is 3. The van der Waals surface area contributed by atoms with Crippen LogP contribution < -0.4 is 33.6 Å². The first-order valence-electron chi connectivity index (χ1n) is 32.8. The van der Waals surface area contributed by atoms with Crippen LogP contribution >= 0.6 is 46.1 Å². The SMILES string of the molecule is CC(Oc1cccc(Cl)c1Cl)C(=O)N1CCN(c2ccc(S(=O)(=O)Nc3ccncn3)cc2)CC1.C[C@@H](C(=O)N1CCN(c2ccc(S(=O)(=O)Nc3nccs3)cc2)C[C@H]1CO)n1ccc2ccc(Cl)cc21.O=C(C(O)c1ccc(F)c(F)c1)N1CCN(c2ccc(S(=O)(=O)Nc3ccncn3)cc2)CC1.[HH].[HH].[HH].[HH].[HH].[HH]. The molecule has 3 fully saturated rings. The van der Waals surface area contributed by atoms with Gasteiger partial charge in [-0.05, 0) is 152 Å². The number of hydrogen-bond donors (Lipinski definition) is 5. The molecule has 2 unspecified atom stereocenters. The van der Waals surface area contributed by atoms with E-state index in [1.807, 2.05) is 51.8 Å². The maximum absolute atomic E-state index is 13.5. The number of aromatic nitrogens is 6. The number of thiazole rings is 1. The fourth-order valence-electron chi connectivity index (χ4n) is 11.8. The summed E-state index contributed by atoms with van der Waals surface area (Å²) in [5, 5.41) is 24.7. The Labute approximate surface area is 637 Å². The molecule has 10 aromatic rings. The molecule has 6 aromatic carbocycles. The number of carbonyl (C=O) groups is 3. The first kappa shape index (κ1) is 77.3. The molecule has 568 valence electrons. The Bertz CT molecular complexity index is 5100. The largest absolute Gasteiger partial charge is 0.479 e. The lowest BCUT2D eigenvalue weighted by Gasteiger charge is -2.42. The van der Waals surface area contributed by atoms with E-state index in [9.17, 15) is 58.6 Å². The summed E-state index contributed by atoms with van der Waals surface area (Å²) in [4.78, 5) is 69.5. The van der Waals surface area contributed by atoms with E-state index in [2.05, 4.69) is 44.0 Å². The first-order valence-corrected chi connectivity index (χ1v) is 39.3. The smallest absolute Gasteiger partial charge is 0.263 e. The summed E-state index contributed by atoms with van der Waals surface area (Å²) in [5.74, 6) is -2.28. The van der Waals surface area contributed by atoms with Crippen molar-refractivity contribution in [1.29, 1.82) is 0 Å². The van der Waals surface area contributed by atoms with E-state index >= 15 is 0 Å². The van der Waals surface area contributed by atoms with Gasteiger partial charge in [0.15, 0.2) is 29.0 Å². The summed E-state index contributed by atoms with van der Waals surface area (Å²) in [6.45, 7) is 8.46. The molecule has 3 aliphatic heterocycles. The zero-order valence-corrected chi connectivity index (χ0v) is 62.1. The number of amides is 3. The summed E-state index contributed by atoms with van der Waals surface area (Å²) < 4.78 is 117.